The Morgan fingerprint density at radius 2 is 2.25 bits per heavy atom. The Morgan fingerprint density at radius 1 is 1.67 bits per heavy atom. The van der Waals surface area contributed by atoms with Crippen LogP contribution in [0.5, 0.6) is 0 Å². The van der Waals surface area contributed by atoms with E-state index in [0.717, 1.165) is 0 Å². The Kier molecular flexibility index (Phi) is 2.35. The molecule has 1 saturated heterocycles. The van der Waals surface area contributed by atoms with Crippen molar-refractivity contribution in [1.29, 1.82) is 0 Å². The molecule has 0 radical (unpaired) electrons. The number of carboxylic acids is 1. The van der Waals surface area contributed by atoms with Crippen molar-refractivity contribution in [3.05, 3.63) is 0 Å². The van der Waals surface area contributed by atoms with Gasteiger partial charge < -0.3 is 9.84 Å². The van der Waals surface area contributed by atoms with Crippen molar-refractivity contribution < 1.29 is 19.4 Å². The van der Waals surface area contributed by atoms with Crippen molar-refractivity contribution in [1.82, 2.24) is 0 Å². The number of hydrogen-bond acceptors (Lipinski definition) is 3. The monoisotopic (exact) mass is 172 g/mol. The molecule has 4 nitrogen and oxygen atoms in total. The SMILES string of the molecule is CC(C)[C@@H]1C(=O)OC[C@H]1C(=O)O. The third kappa shape index (κ3) is 1.42. The smallest absolute Gasteiger partial charge is 0.310 e. The summed E-state index contributed by atoms with van der Waals surface area (Å²) in [4.78, 5) is 21.7. The van der Waals surface area contributed by atoms with Crippen LogP contribution < -0.4 is 0 Å². The molecule has 0 aromatic carbocycles. The van der Waals surface area contributed by atoms with E-state index in [1.165, 1.54) is 0 Å². The van der Waals surface area contributed by atoms with E-state index in [0.29, 0.717) is 0 Å². The van der Waals surface area contributed by atoms with E-state index in [9.17, 15) is 9.59 Å². The van der Waals surface area contributed by atoms with Crippen molar-refractivity contribution >= 4 is 11.9 Å². The van der Waals surface area contributed by atoms with Crippen molar-refractivity contribution in [2.24, 2.45) is 17.8 Å². The zero-order valence-corrected chi connectivity index (χ0v) is 7.11. The van der Waals surface area contributed by atoms with Gasteiger partial charge in [-0.1, -0.05) is 13.8 Å². The van der Waals surface area contributed by atoms with Crippen LogP contribution in [0.25, 0.3) is 0 Å². The molecule has 1 fully saturated rings. The number of carboxylic acid groups (broad SMARTS) is 1. The fraction of sp³-hybridized carbons (Fsp3) is 0.750. The molecule has 68 valence electrons. The second-order valence-electron chi connectivity index (χ2n) is 3.34. The number of cyclic esters (lactones) is 1. The van der Waals surface area contributed by atoms with Gasteiger partial charge in [0.15, 0.2) is 0 Å². The van der Waals surface area contributed by atoms with Crippen LogP contribution in [0.1, 0.15) is 13.8 Å². The molecule has 12 heavy (non-hydrogen) atoms. The maximum absolute atomic E-state index is 11.0. The molecular formula is C8H12O4. The van der Waals surface area contributed by atoms with Gasteiger partial charge in [-0.05, 0) is 5.92 Å². The van der Waals surface area contributed by atoms with Gasteiger partial charge in [-0.15, -0.1) is 0 Å². The lowest BCUT2D eigenvalue weighted by atomic mass is 9.86. The fourth-order valence-corrected chi connectivity index (χ4v) is 1.50. The molecule has 1 aliphatic heterocycles. The lowest BCUT2D eigenvalue weighted by Gasteiger charge is -2.13. The number of carbonyl (C=O) groups excluding carboxylic acids is 1. The van der Waals surface area contributed by atoms with Gasteiger partial charge in [-0.25, -0.2) is 0 Å². The quantitative estimate of drug-likeness (QED) is 0.616. The molecule has 0 aliphatic carbocycles. The lowest BCUT2D eigenvalue weighted by molar-refractivity contribution is -0.146. The molecule has 0 spiro atoms. The van der Waals surface area contributed by atoms with Gasteiger partial charge in [-0.3, -0.25) is 9.59 Å². The predicted molar refractivity (Wildman–Crippen MR) is 40.4 cm³/mol. The normalized spacial score (nSPS) is 29.1. The van der Waals surface area contributed by atoms with Crippen LogP contribution in [0.3, 0.4) is 0 Å². The highest BCUT2D eigenvalue weighted by atomic mass is 16.5. The zero-order chi connectivity index (χ0) is 9.30. The average Bonchev–Trinajstić information content (AvgIpc) is 2.30. The maximum atomic E-state index is 11.0. The van der Waals surface area contributed by atoms with Crippen LogP contribution in [-0.4, -0.2) is 23.7 Å². The van der Waals surface area contributed by atoms with Crippen LogP contribution in [0.15, 0.2) is 0 Å². The minimum atomic E-state index is -0.945. The first kappa shape index (κ1) is 9.03. The molecule has 1 rings (SSSR count). The van der Waals surface area contributed by atoms with E-state index in [4.69, 9.17) is 5.11 Å². The van der Waals surface area contributed by atoms with Crippen LogP contribution in [0.2, 0.25) is 0 Å². The molecule has 2 atom stereocenters. The van der Waals surface area contributed by atoms with Gasteiger partial charge in [0, 0.05) is 0 Å². The lowest BCUT2D eigenvalue weighted by Crippen LogP contribution is -2.27. The highest BCUT2D eigenvalue weighted by Crippen LogP contribution is 2.28. The zero-order valence-electron chi connectivity index (χ0n) is 7.11. The third-order valence-corrected chi connectivity index (χ3v) is 2.15. The van der Waals surface area contributed by atoms with E-state index >= 15 is 0 Å². The summed E-state index contributed by atoms with van der Waals surface area (Å²) in [6.45, 7) is 3.68. The Labute approximate surface area is 70.5 Å². The minimum Gasteiger partial charge on any atom is -0.481 e. The second-order valence-corrected chi connectivity index (χ2v) is 3.34. The maximum Gasteiger partial charge on any atom is 0.310 e. The van der Waals surface area contributed by atoms with E-state index in [-0.39, 0.29) is 18.5 Å². The highest BCUT2D eigenvalue weighted by Gasteiger charge is 2.43. The number of esters is 1. The molecule has 0 aromatic rings. The van der Waals surface area contributed by atoms with Crippen molar-refractivity contribution in [3.8, 4) is 0 Å². The number of aliphatic carboxylic acids is 1. The summed E-state index contributed by atoms with van der Waals surface area (Å²) < 4.78 is 4.68. The fourth-order valence-electron chi connectivity index (χ4n) is 1.50. The number of ether oxygens (including phenoxy) is 1. The Hall–Kier alpha value is -1.06. The van der Waals surface area contributed by atoms with Gasteiger partial charge >= 0.3 is 11.9 Å². The predicted octanol–water partition coefficient (Wildman–Crippen LogP) is 0.516. The number of carbonyl (C=O) groups is 2. The summed E-state index contributed by atoms with van der Waals surface area (Å²) in [5.74, 6) is -2.42. The van der Waals surface area contributed by atoms with Crippen molar-refractivity contribution in [2.45, 2.75) is 13.8 Å². The first-order valence-electron chi connectivity index (χ1n) is 3.93. The van der Waals surface area contributed by atoms with E-state index in [1.54, 1.807) is 0 Å². The van der Waals surface area contributed by atoms with Gasteiger partial charge in [0.25, 0.3) is 0 Å². The first-order chi connectivity index (χ1) is 5.54. The van der Waals surface area contributed by atoms with Crippen LogP contribution in [0, 0.1) is 17.8 Å². The van der Waals surface area contributed by atoms with Gasteiger partial charge in [0.2, 0.25) is 0 Å². The largest absolute Gasteiger partial charge is 0.481 e. The standard InChI is InChI=1S/C8H12O4/c1-4(2)6-5(7(9)10)3-12-8(6)11/h4-6H,3H2,1-2H3,(H,9,10)/t5-,6+/m1/s1. The molecule has 0 bridgehead atoms. The molecule has 0 aromatic heterocycles. The Bertz CT molecular complexity index is 209. The van der Waals surface area contributed by atoms with Crippen LogP contribution in [0.4, 0.5) is 0 Å². The summed E-state index contributed by atoms with van der Waals surface area (Å²) >= 11 is 0. The van der Waals surface area contributed by atoms with Crippen LogP contribution >= 0.6 is 0 Å². The minimum absolute atomic E-state index is 0.0248. The summed E-state index contributed by atoms with van der Waals surface area (Å²) in [5, 5.41) is 8.72. The first-order valence-corrected chi connectivity index (χ1v) is 3.93. The van der Waals surface area contributed by atoms with Crippen molar-refractivity contribution in [3.63, 3.8) is 0 Å². The molecule has 0 saturated carbocycles. The number of rotatable bonds is 2. The summed E-state index contributed by atoms with van der Waals surface area (Å²) in [5.41, 5.74) is 0. The van der Waals surface area contributed by atoms with Gasteiger partial charge in [0.1, 0.15) is 12.5 Å². The second kappa shape index (κ2) is 3.13. The van der Waals surface area contributed by atoms with E-state index in [2.05, 4.69) is 4.74 Å². The molecule has 1 N–H and O–H groups in total. The van der Waals surface area contributed by atoms with Gasteiger partial charge in [-0.2, -0.15) is 0 Å². The number of hydrogen-bond donors (Lipinski definition) is 1. The summed E-state index contributed by atoms with van der Waals surface area (Å²) in [7, 11) is 0. The topological polar surface area (TPSA) is 63.6 Å². The van der Waals surface area contributed by atoms with Gasteiger partial charge in [0.05, 0.1) is 5.92 Å². The Balaban J connectivity index is 2.77. The summed E-state index contributed by atoms with van der Waals surface area (Å²) in [6.07, 6.45) is 0. The van der Waals surface area contributed by atoms with E-state index < -0.39 is 17.8 Å². The van der Waals surface area contributed by atoms with E-state index in [1.807, 2.05) is 13.8 Å². The summed E-state index contributed by atoms with van der Waals surface area (Å²) in [6, 6.07) is 0. The molecule has 1 aliphatic rings. The average molecular weight is 172 g/mol. The molecule has 0 unspecified atom stereocenters. The molecule has 0 amide bonds. The van der Waals surface area contributed by atoms with Crippen molar-refractivity contribution in [2.75, 3.05) is 6.61 Å². The van der Waals surface area contributed by atoms with Crippen LogP contribution in [-0.2, 0) is 14.3 Å². The molecular weight excluding hydrogens is 160 g/mol. The molecule has 1 heterocycles. The third-order valence-electron chi connectivity index (χ3n) is 2.15. The Morgan fingerprint density at radius 3 is 2.58 bits per heavy atom. The highest BCUT2D eigenvalue weighted by molar-refractivity contribution is 5.84. The molecule has 4 heteroatoms.